The van der Waals surface area contributed by atoms with E-state index in [1.165, 1.54) is 12.1 Å². The van der Waals surface area contributed by atoms with Crippen molar-refractivity contribution >= 4 is 11.0 Å². The number of benzene rings is 1. The van der Waals surface area contributed by atoms with Gasteiger partial charge in [-0.05, 0) is 19.1 Å². The second-order valence-corrected chi connectivity index (χ2v) is 3.78. The number of aliphatic hydroxyl groups is 1. The van der Waals surface area contributed by atoms with Crippen LogP contribution in [0.5, 0.6) is 5.75 Å². The molecule has 0 unspecified atom stereocenters. The average molecular weight is 220 g/mol. The largest absolute Gasteiger partial charge is 0.507 e. The first-order chi connectivity index (χ1) is 7.58. The molecule has 0 spiro atoms. The standard InChI is InChI=1S/C12H12O4/c1-7(13)5-8-6-10(15)12-9(14)3-2-4-11(12)16-8/h2-4,6-7,13-14H,5H2,1H3/t7-/m1/s1. The highest BCUT2D eigenvalue weighted by molar-refractivity contribution is 5.82. The van der Waals surface area contributed by atoms with Crippen LogP contribution in [0.4, 0.5) is 0 Å². The molecular formula is C12H12O4. The molecule has 4 nitrogen and oxygen atoms in total. The predicted octanol–water partition coefficient (Wildman–Crippen LogP) is 1.42. The summed E-state index contributed by atoms with van der Waals surface area (Å²) in [6.07, 6.45) is -0.293. The van der Waals surface area contributed by atoms with E-state index in [1.807, 2.05) is 0 Å². The summed E-state index contributed by atoms with van der Waals surface area (Å²) in [4.78, 5) is 11.7. The second kappa shape index (κ2) is 3.98. The summed E-state index contributed by atoms with van der Waals surface area (Å²) < 4.78 is 5.41. The zero-order valence-corrected chi connectivity index (χ0v) is 8.80. The molecule has 0 aliphatic carbocycles. The predicted molar refractivity (Wildman–Crippen MR) is 59.5 cm³/mol. The van der Waals surface area contributed by atoms with Gasteiger partial charge in [0.05, 0.1) is 6.10 Å². The van der Waals surface area contributed by atoms with Crippen molar-refractivity contribution in [2.75, 3.05) is 0 Å². The molecule has 0 saturated heterocycles. The van der Waals surface area contributed by atoms with E-state index in [2.05, 4.69) is 0 Å². The van der Waals surface area contributed by atoms with Gasteiger partial charge in [-0.25, -0.2) is 0 Å². The summed E-state index contributed by atoms with van der Waals surface area (Å²) in [5.74, 6) is 0.327. The lowest BCUT2D eigenvalue weighted by Crippen LogP contribution is -2.08. The fourth-order valence-corrected chi connectivity index (χ4v) is 1.63. The highest BCUT2D eigenvalue weighted by Gasteiger charge is 2.09. The van der Waals surface area contributed by atoms with Crippen LogP contribution in [0.1, 0.15) is 12.7 Å². The maximum Gasteiger partial charge on any atom is 0.196 e. The number of rotatable bonds is 2. The Morgan fingerprint density at radius 2 is 2.19 bits per heavy atom. The van der Waals surface area contributed by atoms with E-state index in [1.54, 1.807) is 19.1 Å². The number of fused-ring (bicyclic) bond motifs is 1. The minimum atomic E-state index is -0.571. The molecule has 0 amide bonds. The summed E-state index contributed by atoms with van der Waals surface area (Å²) in [6, 6.07) is 5.96. The van der Waals surface area contributed by atoms with Crippen LogP contribution in [0.3, 0.4) is 0 Å². The molecule has 1 heterocycles. The Bertz CT molecular complexity index is 569. The van der Waals surface area contributed by atoms with Crippen LogP contribution in [0.15, 0.2) is 33.5 Å². The second-order valence-electron chi connectivity index (χ2n) is 3.78. The minimum absolute atomic E-state index is 0.0881. The molecule has 2 aromatic rings. The third kappa shape index (κ3) is 1.92. The van der Waals surface area contributed by atoms with Gasteiger partial charge in [0.1, 0.15) is 22.5 Å². The van der Waals surface area contributed by atoms with Crippen molar-refractivity contribution in [3.8, 4) is 5.75 Å². The van der Waals surface area contributed by atoms with Crippen molar-refractivity contribution in [2.24, 2.45) is 0 Å². The molecule has 1 atom stereocenters. The van der Waals surface area contributed by atoms with Gasteiger partial charge in [0.25, 0.3) is 0 Å². The smallest absolute Gasteiger partial charge is 0.196 e. The van der Waals surface area contributed by atoms with E-state index in [0.29, 0.717) is 11.3 Å². The lowest BCUT2D eigenvalue weighted by atomic mass is 10.1. The number of phenols is 1. The van der Waals surface area contributed by atoms with Gasteiger partial charge in [-0.15, -0.1) is 0 Å². The minimum Gasteiger partial charge on any atom is -0.507 e. The molecule has 16 heavy (non-hydrogen) atoms. The molecule has 1 aromatic carbocycles. The van der Waals surface area contributed by atoms with Crippen LogP contribution in [0.25, 0.3) is 11.0 Å². The molecule has 0 fully saturated rings. The van der Waals surface area contributed by atoms with Crippen molar-refractivity contribution in [3.05, 3.63) is 40.2 Å². The van der Waals surface area contributed by atoms with Crippen LogP contribution in [0, 0.1) is 0 Å². The van der Waals surface area contributed by atoms with Crippen LogP contribution in [0.2, 0.25) is 0 Å². The van der Waals surface area contributed by atoms with Gasteiger partial charge in [0.15, 0.2) is 5.43 Å². The molecule has 0 aliphatic heterocycles. The van der Waals surface area contributed by atoms with E-state index in [-0.39, 0.29) is 23.0 Å². The maximum atomic E-state index is 11.7. The normalized spacial score (nSPS) is 12.9. The number of phenolic OH excluding ortho intramolecular Hbond substituents is 1. The molecule has 1 aromatic heterocycles. The molecule has 2 rings (SSSR count). The van der Waals surface area contributed by atoms with E-state index >= 15 is 0 Å². The van der Waals surface area contributed by atoms with Crippen molar-refractivity contribution in [3.63, 3.8) is 0 Å². The number of hydrogen-bond donors (Lipinski definition) is 2. The molecule has 0 radical (unpaired) electrons. The van der Waals surface area contributed by atoms with Crippen LogP contribution in [-0.2, 0) is 6.42 Å². The fourth-order valence-electron chi connectivity index (χ4n) is 1.63. The zero-order valence-electron chi connectivity index (χ0n) is 8.80. The summed E-state index contributed by atoms with van der Waals surface area (Å²) in [7, 11) is 0. The molecular weight excluding hydrogens is 208 g/mol. The SMILES string of the molecule is C[C@@H](O)Cc1cc(=O)c2c(O)cccc2o1. The third-order valence-corrected chi connectivity index (χ3v) is 2.28. The molecule has 2 N–H and O–H groups in total. The first-order valence-electron chi connectivity index (χ1n) is 5.00. The fraction of sp³-hybridized carbons (Fsp3) is 0.250. The molecule has 0 aliphatic rings. The quantitative estimate of drug-likeness (QED) is 0.803. The molecule has 0 bridgehead atoms. The van der Waals surface area contributed by atoms with Gasteiger partial charge in [-0.1, -0.05) is 6.07 Å². The topological polar surface area (TPSA) is 70.7 Å². The molecule has 84 valence electrons. The summed E-state index contributed by atoms with van der Waals surface area (Å²) in [6.45, 7) is 1.62. The Morgan fingerprint density at radius 1 is 1.44 bits per heavy atom. The zero-order chi connectivity index (χ0) is 11.7. The third-order valence-electron chi connectivity index (χ3n) is 2.28. The highest BCUT2D eigenvalue weighted by atomic mass is 16.3. The molecule has 4 heteroatoms. The van der Waals surface area contributed by atoms with Crippen molar-refractivity contribution < 1.29 is 14.6 Å². The lowest BCUT2D eigenvalue weighted by molar-refractivity contribution is 0.187. The van der Waals surface area contributed by atoms with Crippen molar-refractivity contribution in [1.29, 1.82) is 0 Å². The molecule has 0 saturated carbocycles. The van der Waals surface area contributed by atoms with Gasteiger partial charge in [0, 0.05) is 12.5 Å². The summed E-state index contributed by atoms with van der Waals surface area (Å²) >= 11 is 0. The van der Waals surface area contributed by atoms with Gasteiger partial charge < -0.3 is 14.6 Å². The monoisotopic (exact) mass is 220 g/mol. The Morgan fingerprint density at radius 3 is 2.88 bits per heavy atom. The summed E-state index contributed by atoms with van der Waals surface area (Å²) in [5, 5.41) is 18.9. The maximum absolute atomic E-state index is 11.7. The Balaban J connectivity index is 2.64. The number of aromatic hydroxyl groups is 1. The van der Waals surface area contributed by atoms with Crippen LogP contribution in [-0.4, -0.2) is 16.3 Å². The van der Waals surface area contributed by atoms with Crippen molar-refractivity contribution in [2.45, 2.75) is 19.4 Å². The Kier molecular flexibility index (Phi) is 2.66. The van der Waals surface area contributed by atoms with Gasteiger partial charge >= 0.3 is 0 Å². The first-order valence-corrected chi connectivity index (χ1v) is 5.00. The van der Waals surface area contributed by atoms with E-state index in [9.17, 15) is 15.0 Å². The number of hydrogen-bond acceptors (Lipinski definition) is 4. The van der Waals surface area contributed by atoms with Crippen LogP contribution >= 0.6 is 0 Å². The van der Waals surface area contributed by atoms with E-state index < -0.39 is 6.10 Å². The van der Waals surface area contributed by atoms with Gasteiger partial charge in [-0.3, -0.25) is 4.79 Å². The summed E-state index contributed by atoms with van der Waals surface area (Å²) in [5.41, 5.74) is 0.0400. The van der Waals surface area contributed by atoms with Gasteiger partial charge in [0.2, 0.25) is 0 Å². The van der Waals surface area contributed by atoms with Crippen LogP contribution < -0.4 is 5.43 Å². The lowest BCUT2D eigenvalue weighted by Gasteiger charge is -2.05. The Labute approximate surface area is 91.8 Å². The average Bonchev–Trinajstić information content (AvgIpc) is 2.15. The Hall–Kier alpha value is -1.81. The highest BCUT2D eigenvalue weighted by Crippen LogP contribution is 2.21. The van der Waals surface area contributed by atoms with E-state index in [0.717, 1.165) is 0 Å². The first kappa shape index (κ1) is 10.7. The number of aliphatic hydroxyl groups excluding tert-OH is 1. The van der Waals surface area contributed by atoms with Crippen molar-refractivity contribution in [1.82, 2.24) is 0 Å². The van der Waals surface area contributed by atoms with Gasteiger partial charge in [-0.2, -0.15) is 0 Å². The van der Waals surface area contributed by atoms with E-state index in [4.69, 9.17) is 4.42 Å².